The van der Waals surface area contributed by atoms with Crippen molar-refractivity contribution in [2.45, 2.75) is 26.2 Å². The van der Waals surface area contributed by atoms with Gasteiger partial charge in [0.1, 0.15) is 5.92 Å². The number of carbonyl (C=O) groups is 3. The monoisotopic (exact) mass is 340 g/mol. The van der Waals surface area contributed by atoms with Gasteiger partial charge in [0.05, 0.1) is 12.1 Å². The number of hydrogen-bond acceptors (Lipinski definition) is 4. The second kappa shape index (κ2) is 8.19. The number of carboxylic acids is 1. The van der Waals surface area contributed by atoms with E-state index in [1.807, 2.05) is 0 Å². The summed E-state index contributed by atoms with van der Waals surface area (Å²) in [6, 6.07) is 10.5. The lowest BCUT2D eigenvalue weighted by Crippen LogP contribution is -2.30. The molecule has 1 heterocycles. The van der Waals surface area contributed by atoms with E-state index >= 15 is 0 Å². The molecule has 0 aliphatic rings. The molecule has 130 valence electrons. The summed E-state index contributed by atoms with van der Waals surface area (Å²) in [6.07, 6.45) is 3.81. The second-order valence-corrected chi connectivity index (χ2v) is 5.79. The zero-order valence-corrected chi connectivity index (χ0v) is 13.9. The van der Waals surface area contributed by atoms with E-state index in [0.717, 1.165) is 5.56 Å². The summed E-state index contributed by atoms with van der Waals surface area (Å²) < 4.78 is 1.51. The first-order chi connectivity index (χ1) is 11.9. The van der Waals surface area contributed by atoms with Gasteiger partial charge in [-0.1, -0.05) is 31.2 Å². The first-order valence-corrected chi connectivity index (χ1v) is 8.00. The molecule has 1 aromatic heterocycles. The molecule has 6 heteroatoms. The van der Waals surface area contributed by atoms with Gasteiger partial charge in [-0.05, 0) is 29.7 Å². The number of ketones is 1. The minimum Gasteiger partial charge on any atom is -0.481 e. The summed E-state index contributed by atoms with van der Waals surface area (Å²) >= 11 is 0. The number of rotatable bonds is 8. The van der Waals surface area contributed by atoms with Crippen LogP contribution >= 0.6 is 0 Å². The molecule has 0 unspecified atom stereocenters. The van der Waals surface area contributed by atoms with Crippen LogP contribution in [-0.2, 0) is 22.4 Å². The predicted molar refractivity (Wildman–Crippen MR) is 93.1 cm³/mol. The van der Waals surface area contributed by atoms with Crippen molar-refractivity contribution in [1.29, 1.82) is 5.41 Å². The average Bonchev–Trinajstić information content (AvgIpc) is 3.11. The number of carboxylic acid groups (broad SMARTS) is 1. The largest absolute Gasteiger partial charge is 0.481 e. The van der Waals surface area contributed by atoms with Crippen LogP contribution in [0, 0.1) is 11.3 Å². The van der Waals surface area contributed by atoms with Crippen molar-refractivity contribution < 1.29 is 19.5 Å². The zero-order chi connectivity index (χ0) is 18.4. The van der Waals surface area contributed by atoms with E-state index in [0.29, 0.717) is 5.56 Å². The molecule has 0 aliphatic carbocycles. The van der Waals surface area contributed by atoms with E-state index < -0.39 is 17.7 Å². The number of Topliss-reactive ketones (excluding diaryl/α,β-unsaturated/α-hetero) is 1. The fraction of sp³-hybridized carbons (Fsp3) is 0.263. The Hall–Kier alpha value is -3.02. The fourth-order valence-corrected chi connectivity index (χ4v) is 2.52. The van der Waals surface area contributed by atoms with E-state index in [2.05, 4.69) is 0 Å². The maximum Gasteiger partial charge on any atom is 0.312 e. The van der Waals surface area contributed by atoms with Gasteiger partial charge in [-0.2, -0.15) is 0 Å². The molecule has 0 radical (unpaired) electrons. The molecular weight excluding hydrogens is 320 g/mol. The van der Waals surface area contributed by atoms with Crippen LogP contribution in [0.1, 0.15) is 29.3 Å². The highest BCUT2D eigenvalue weighted by atomic mass is 16.4. The van der Waals surface area contributed by atoms with Crippen molar-refractivity contribution in [1.82, 2.24) is 4.57 Å². The minimum atomic E-state index is -1.15. The number of nitrogens with one attached hydrogen (secondary N) is 1. The van der Waals surface area contributed by atoms with Crippen LogP contribution in [0.15, 0.2) is 48.8 Å². The molecule has 1 atom stereocenters. The molecule has 0 amide bonds. The highest BCUT2D eigenvalue weighted by Gasteiger charge is 2.25. The van der Waals surface area contributed by atoms with Crippen molar-refractivity contribution in [2.24, 2.45) is 5.92 Å². The number of aliphatic carboxylic acids is 1. The number of aromatic nitrogens is 1. The Bertz CT molecular complexity index is 776. The Balaban J connectivity index is 1.98. The van der Waals surface area contributed by atoms with Crippen LogP contribution in [0.4, 0.5) is 0 Å². The molecular formula is C19H20N2O4. The molecule has 0 fully saturated rings. The minimum absolute atomic E-state index is 0.0194. The van der Waals surface area contributed by atoms with E-state index in [4.69, 9.17) is 10.5 Å². The van der Waals surface area contributed by atoms with E-state index in [1.165, 1.54) is 4.57 Å². The highest BCUT2D eigenvalue weighted by Crippen LogP contribution is 2.11. The third kappa shape index (κ3) is 4.73. The molecule has 2 rings (SSSR count). The van der Waals surface area contributed by atoms with Gasteiger partial charge in [-0.15, -0.1) is 0 Å². The van der Waals surface area contributed by atoms with Gasteiger partial charge in [0.15, 0.2) is 5.78 Å². The summed E-state index contributed by atoms with van der Waals surface area (Å²) in [5, 5.41) is 16.8. The molecule has 0 saturated carbocycles. The topological polar surface area (TPSA) is 100 Å². The first kappa shape index (κ1) is 18.3. The summed E-state index contributed by atoms with van der Waals surface area (Å²) in [6.45, 7) is 1.64. The summed E-state index contributed by atoms with van der Waals surface area (Å²) in [5.41, 5.74) is 1.14. The lowest BCUT2D eigenvalue weighted by atomic mass is 9.94. The summed E-state index contributed by atoms with van der Waals surface area (Å²) in [4.78, 5) is 35.2. The molecule has 25 heavy (non-hydrogen) atoms. The summed E-state index contributed by atoms with van der Waals surface area (Å²) in [5.74, 6) is -2.76. The Morgan fingerprint density at radius 1 is 1.04 bits per heavy atom. The van der Waals surface area contributed by atoms with Crippen LogP contribution < -0.4 is 0 Å². The van der Waals surface area contributed by atoms with Gasteiger partial charge in [0, 0.05) is 18.8 Å². The summed E-state index contributed by atoms with van der Waals surface area (Å²) in [7, 11) is 0. The Labute approximate surface area is 145 Å². The maximum absolute atomic E-state index is 12.1. The first-order valence-electron chi connectivity index (χ1n) is 8.00. The highest BCUT2D eigenvalue weighted by molar-refractivity contribution is 6.42. The van der Waals surface area contributed by atoms with Crippen molar-refractivity contribution in [3.8, 4) is 0 Å². The molecule has 0 aliphatic heterocycles. The zero-order valence-electron chi connectivity index (χ0n) is 13.9. The van der Waals surface area contributed by atoms with Crippen molar-refractivity contribution in [2.75, 3.05) is 0 Å². The number of benzene rings is 1. The van der Waals surface area contributed by atoms with Gasteiger partial charge >= 0.3 is 5.97 Å². The molecule has 6 nitrogen and oxygen atoms in total. The Morgan fingerprint density at radius 2 is 1.56 bits per heavy atom. The van der Waals surface area contributed by atoms with Gasteiger partial charge < -0.3 is 10.5 Å². The van der Waals surface area contributed by atoms with Gasteiger partial charge in [0.25, 0.3) is 0 Å². The Kier molecular flexibility index (Phi) is 6.00. The normalized spacial score (nSPS) is 11.7. The van der Waals surface area contributed by atoms with E-state index in [-0.39, 0.29) is 30.9 Å². The predicted octanol–water partition coefficient (Wildman–Crippen LogP) is 2.61. The SMILES string of the molecule is CC[C@@H](C(=N)C(=O)Cc1ccc(CC(=O)n2cccc2)cc1)C(=O)O. The molecule has 2 aromatic rings. The van der Waals surface area contributed by atoms with Gasteiger partial charge in [-0.3, -0.25) is 19.0 Å². The fourth-order valence-electron chi connectivity index (χ4n) is 2.52. The quantitative estimate of drug-likeness (QED) is 0.721. The lowest BCUT2D eigenvalue weighted by Gasteiger charge is -2.10. The van der Waals surface area contributed by atoms with Crippen LogP contribution in [0.2, 0.25) is 0 Å². The van der Waals surface area contributed by atoms with Crippen LogP contribution in [-0.4, -0.2) is 33.0 Å². The third-order valence-corrected chi connectivity index (χ3v) is 3.99. The standard InChI is InChI=1S/C19H20N2O4/c1-2-15(19(24)25)18(20)16(22)11-13-5-7-14(8-6-13)12-17(23)21-9-3-4-10-21/h3-10,15,20H,2,11-12H2,1H3,(H,24,25)/t15-/m0/s1. The number of nitrogens with zero attached hydrogens (tertiary/aromatic N) is 1. The Morgan fingerprint density at radius 3 is 2.04 bits per heavy atom. The maximum atomic E-state index is 12.1. The smallest absolute Gasteiger partial charge is 0.312 e. The average molecular weight is 340 g/mol. The van der Waals surface area contributed by atoms with E-state index in [1.54, 1.807) is 55.7 Å². The molecule has 0 bridgehead atoms. The molecule has 0 spiro atoms. The lowest BCUT2D eigenvalue weighted by molar-refractivity contribution is -0.139. The van der Waals surface area contributed by atoms with Crippen LogP contribution in [0.25, 0.3) is 0 Å². The molecule has 0 saturated heterocycles. The molecule has 1 aromatic carbocycles. The van der Waals surface area contributed by atoms with Crippen molar-refractivity contribution in [3.63, 3.8) is 0 Å². The van der Waals surface area contributed by atoms with Gasteiger partial charge in [0.2, 0.25) is 5.91 Å². The van der Waals surface area contributed by atoms with Crippen LogP contribution in [0.3, 0.4) is 0 Å². The van der Waals surface area contributed by atoms with Gasteiger partial charge in [-0.25, -0.2) is 0 Å². The number of carbonyl (C=O) groups excluding carboxylic acids is 2. The van der Waals surface area contributed by atoms with Crippen molar-refractivity contribution >= 4 is 23.4 Å². The third-order valence-electron chi connectivity index (χ3n) is 3.99. The van der Waals surface area contributed by atoms with Crippen LogP contribution in [0.5, 0.6) is 0 Å². The molecule has 2 N–H and O–H groups in total. The second-order valence-electron chi connectivity index (χ2n) is 5.79. The van der Waals surface area contributed by atoms with Crippen molar-refractivity contribution in [3.05, 3.63) is 59.9 Å². The number of hydrogen-bond donors (Lipinski definition) is 2. The van der Waals surface area contributed by atoms with E-state index in [9.17, 15) is 14.4 Å².